The molecule has 0 saturated heterocycles. The molecule has 0 aliphatic carbocycles. The number of pyridine rings is 1. The van der Waals surface area contributed by atoms with Gasteiger partial charge in [0.05, 0.1) is 18.5 Å². The maximum atomic E-state index is 12.9. The maximum absolute atomic E-state index is 12.9. The first kappa shape index (κ1) is 12.4. The lowest BCUT2D eigenvalue weighted by Gasteiger charge is -2.06. The van der Waals surface area contributed by atoms with E-state index in [4.69, 9.17) is 9.84 Å². The molecule has 1 N–H and O–H groups in total. The Morgan fingerprint density at radius 3 is 2.56 bits per heavy atom. The summed E-state index contributed by atoms with van der Waals surface area (Å²) in [6, 6.07) is 6.87. The van der Waals surface area contributed by atoms with Crippen molar-refractivity contribution in [3.63, 3.8) is 0 Å². The molecule has 0 fully saturated rings. The summed E-state index contributed by atoms with van der Waals surface area (Å²) in [5, 5.41) is 8.81. The summed E-state index contributed by atoms with van der Waals surface area (Å²) in [6.07, 6.45) is 1.46. The van der Waals surface area contributed by atoms with Crippen molar-refractivity contribution >= 4 is 0 Å². The van der Waals surface area contributed by atoms with Crippen LogP contribution in [0.25, 0.3) is 0 Å². The smallest absolute Gasteiger partial charge is 0.159 e. The van der Waals surface area contributed by atoms with Gasteiger partial charge in [-0.05, 0) is 29.8 Å². The number of aliphatic hydroxyl groups excluding tert-OH is 1. The molecular formula is C13H11F2NO2. The molecule has 0 amide bonds. The summed E-state index contributed by atoms with van der Waals surface area (Å²) < 4.78 is 31.0. The highest BCUT2D eigenvalue weighted by atomic mass is 19.2. The molecule has 0 bridgehead atoms. The Labute approximate surface area is 103 Å². The van der Waals surface area contributed by atoms with Crippen LogP contribution in [0.15, 0.2) is 36.5 Å². The molecule has 0 radical (unpaired) electrons. The third kappa shape index (κ3) is 3.01. The lowest BCUT2D eigenvalue weighted by atomic mass is 10.2. The number of aromatic nitrogens is 1. The molecule has 2 rings (SSSR count). The van der Waals surface area contributed by atoms with E-state index in [0.717, 1.165) is 12.1 Å². The second-order valence-electron chi connectivity index (χ2n) is 3.68. The van der Waals surface area contributed by atoms with Gasteiger partial charge in [0, 0.05) is 0 Å². The van der Waals surface area contributed by atoms with Gasteiger partial charge in [0.25, 0.3) is 0 Å². The Morgan fingerprint density at radius 1 is 1.11 bits per heavy atom. The van der Waals surface area contributed by atoms with Crippen LogP contribution < -0.4 is 4.74 Å². The quantitative estimate of drug-likeness (QED) is 0.907. The third-order valence-electron chi connectivity index (χ3n) is 2.35. The Hall–Kier alpha value is -2.01. The lowest BCUT2D eigenvalue weighted by Crippen LogP contribution is -1.98. The SMILES string of the molecule is OCc1ccc(OCc2ccc(F)c(F)c2)cn1. The van der Waals surface area contributed by atoms with Crippen molar-refractivity contribution in [2.45, 2.75) is 13.2 Å². The molecule has 1 aromatic heterocycles. The van der Waals surface area contributed by atoms with Crippen LogP contribution in [0.2, 0.25) is 0 Å². The van der Waals surface area contributed by atoms with Crippen LogP contribution in [0.5, 0.6) is 5.75 Å². The zero-order chi connectivity index (χ0) is 13.0. The molecule has 0 atom stereocenters. The van der Waals surface area contributed by atoms with Gasteiger partial charge in [-0.2, -0.15) is 0 Å². The Balaban J connectivity index is 1.99. The van der Waals surface area contributed by atoms with Crippen LogP contribution in [-0.4, -0.2) is 10.1 Å². The zero-order valence-corrected chi connectivity index (χ0v) is 9.44. The standard InChI is InChI=1S/C13H11F2NO2/c14-12-4-1-9(5-13(12)15)8-18-11-3-2-10(7-17)16-6-11/h1-6,17H,7-8H2. The van der Waals surface area contributed by atoms with Gasteiger partial charge in [0.15, 0.2) is 11.6 Å². The summed E-state index contributed by atoms with van der Waals surface area (Å²) >= 11 is 0. The summed E-state index contributed by atoms with van der Waals surface area (Å²) in [5.74, 6) is -1.28. The van der Waals surface area contributed by atoms with Crippen molar-refractivity contribution < 1.29 is 18.6 Å². The highest BCUT2D eigenvalue weighted by Gasteiger charge is 2.03. The minimum Gasteiger partial charge on any atom is -0.487 e. The predicted molar refractivity (Wildman–Crippen MR) is 60.8 cm³/mol. The fourth-order valence-electron chi connectivity index (χ4n) is 1.39. The van der Waals surface area contributed by atoms with Crippen molar-refractivity contribution in [2.75, 3.05) is 0 Å². The summed E-state index contributed by atoms with van der Waals surface area (Å²) in [4.78, 5) is 3.93. The fourth-order valence-corrected chi connectivity index (χ4v) is 1.39. The van der Waals surface area contributed by atoms with Crippen molar-refractivity contribution in [1.29, 1.82) is 0 Å². The van der Waals surface area contributed by atoms with E-state index >= 15 is 0 Å². The van der Waals surface area contributed by atoms with Gasteiger partial charge >= 0.3 is 0 Å². The molecule has 1 heterocycles. The molecule has 1 aromatic carbocycles. The molecule has 94 valence electrons. The average molecular weight is 251 g/mol. The highest BCUT2D eigenvalue weighted by molar-refractivity contribution is 5.21. The molecule has 18 heavy (non-hydrogen) atoms. The van der Waals surface area contributed by atoms with E-state index < -0.39 is 11.6 Å². The number of benzene rings is 1. The highest BCUT2D eigenvalue weighted by Crippen LogP contribution is 2.14. The van der Waals surface area contributed by atoms with E-state index in [-0.39, 0.29) is 13.2 Å². The third-order valence-corrected chi connectivity index (χ3v) is 2.35. The maximum Gasteiger partial charge on any atom is 0.159 e. The van der Waals surface area contributed by atoms with Gasteiger partial charge in [-0.3, -0.25) is 4.98 Å². The van der Waals surface area contributed by atoms with E-state index in [9.17, 15) is 8.78 Å². The first-order chi connectivity index (χ1) is 8.69. The Morgan fingerprint density at radius 2 is 1.94 bits per heavy atom. The average Bonchev–Trinajstić information content (AvgIpc) is 2.41. The molecule has 0 aliphatic rings. The van der Waals surface area contributed by atoms with Crippen LogP contribution in [-0.2, 0) is 13.2 Å². The van der Waals surface area contributed by atoms with E-state index in [1.165, 1.54) is 12.3 Å². The number of halogens is 2. The van der Waals surface area contributed by atoms with E-state index in [2.05, 4.69) is 4.98 Å². The number of hydrogen-bond donors (Lipinski definition) is 1. The molecular weight excluding hydrogens is 240 g/mol. The van der Waals surface area contributed by atoms with Crippen molar-refractivity contribution in [1.82, 2.24) is 4.98 Å². The Bertz CT molecular complexity index is 529. The van der Waals surface area contributed by atoms with Crippen molar-refractivity contribution in [2.24, 2.45) is 0 Å². The van der Waals surface area contributed by atoms with Crippen LogP contribution in [0.3, 0.4) is 0 Å². The minimum absolute atomic E-state index is 0.122. The second-order valence-corrected chi connectivity index (χ2v) is 3.68. The molecule has 0 saturated carbocycles. The number of ether oxygens (including phenoxy) is 1. The molecule has 0 aliphatic heterocycles. The monoisotopic (exact) mass is 251 g/mol. The molecule has 0 spiro atoms. The molecule has 2 aromatic rings. The number of nitrogens with zero attached hydrogens (tertiary/aromatic N) is 1. The molecule has 3 nitrogen and oxygen atoms in total. The van der Waals surface area contributed by atoms with Crippen molar-refractivity contribution in [3.8, 4) is 5.75 Å². The van der Waals surface area contributed by atoms with Crippen LogP contribution in [0.1, 0.15) is 11.3 Å². The van der Waals surface area contributed by atoms with Gasteiger partial charge in [0.1, 0.15) is 12.4 Å². The largest absolute Gasteiger partial charge is 0.487 e. The zero-order valence-electron chi connectivity index (χ0n) is 9.44. The first-order valence-corrected chi connectivity index (χ1v) is 5.31. The molecule has 0 unspecified atom stereocenters. The first-order valence-electron chi connectivity index (χ1n) is 5.31. The Kier molecular flexibility index (Phi) is 3.84. The normalized spacial score (nSPS) is 10.4. The van der Waals surface area contributed by atoms with Crippen LogP contribution in [0, 0.1) is 11.6 Å². The number of hydrogen-bond acceptors (Lipinski definition) is 3. The van der Waals surface area contributed by atoms with Gasteiger partial charge in [-0.25, -0.2) is 8.78 Å². The number of aliphatic hydroxyl groups is 1. The van der Waals surface area contributed by atoms with E-state index in [0.29, 0.717) is 17.0 Å². The van der Waals surface area contributed by atoms with E-state index in [1.807, 2.05) is 0 Å². The predicted octanol–water partition coefficient (Wildman–Crippen LogP) is 2.43. The van der Waals surface area contributed by atoms with Crippen LogP contribution >= 0.6 is 0 Å². The van der Waals surface area contributed by atoms with Crippen molar-refractivity contribution in [3.05, 3.63) is 59.4 Å². The van der Waals surface area contributed by atoms with Gasteiger partial charge < -0.3 is 9.84 Å². The van der Waals surface area contributed by atoms with Gasteiger partial charge in [-0.1, -0.05) is 6.07 Å². The minimum atomic E-state index is -0.898. The van der Waals surface area contributed by atoms with Gasteiger partial charge in [0.2, 0.25) is 0 Å². The topological polar surface area (TPSA) is 42.4 Å². The summed E-state index contributed by atoms with van der Waals surface area (Å²) in [7, 11) is 0. The van der Waals surface area contributed by atoms with E-state index in [1.54, 1.807) is 12.1 Å². The second kappa shape index (κ2) is 5.55. The molecule has 5 heteroatoms. The lowest BCUT2D eigenvalue weighted by molar-refractivity contribution is 0.275. The summed E-state index contributed by atoms with van der Waals surface area (Å²) in [5.41, 5.74) is 1.07. The summed E-state index contributed by atoms with van der Waals surface area (Å²) in [6.45, 7) is -0.0131. The van der Waals surface area contributed by atoms with Gasteiger partial charge in [-0.15, -0.1) is 0 Å². The number of rotatable bonds is 4. The fraction of sp³-hybridized carbons (Fsp3) is 0.154. The van der Waals surface area contributed by atoms with Crippen LogP contribution in [0.4, 0.5) is 8.78 Å².